The van der Waals surface area contributed by atoms with E-state index in [-0.39, 0.29) is 5.41 Å². The molecule has 2 heteroatoms. The lowest BCUT2D eigenvalue weighted by Gasteiger charge is -2.33. The molecule has 0 saturated heterocycles. The maximum atomic E-state index is 7.02. The van der Waals surface area contributed by atoms with Crippen molar-refractivity contribution >= 4 is 39.0 Å². The van der Waals surface area contributed by atoms with Gasteiger partial charge in [0.1, 0.15) is 11.2 Å². The highest BCUT2D eigenvalue weighted by Crippen LogP contribution is 2.58. The van der Waals surface area contributed by atoms with E-state index in [2.05, 4.69) is 231 Å². The summed E-state index contributed by atoms with van der Waals surface area (Å²) in [6, 6.07) is 77.6. The van der Waals surface area contributed by atoms with Gasteiger partial charge < -0.3 is 9.32 Å². The Kier molecular flexibility index (Phi) is 7.52. The van der Waals surface area contributed by atoms with Crippen LogP contribution in [0.15, 0.2) is 217 Å². The van der Waals surface area contributed by atoms with Crippen molar-refractivity contribution in [2.24, 2.45) is 0 Å². The SMILES string of the molecule is CC1(C)c2ccccc2-c2ccc(N(c3ccccc3)c3ccc(-c4cccc5c4oc4cc6c(cc45)-c4ccccc4C6(c4ccccc4)c4ccccc4)cc3)cc21. The van der Waals surface area contributed by atoms with Crippen molar-refractivity contribution < 1.29 is 4.42 Å². The molecule has 1 aromatic heterocycles. The quantitative estimate of drug-likeness (QED) is 0.168. The second-order valence-electron chi connectivity index (χ2n) is 16.8. The smallest absolute Gasteiger partial charge is 0.143 e. The first-order valence-corrected chi connectivity index (χ1v) is 20.9. The maximum absolute atomic E-state index is 7.02. The zero-order chi connectivity index (χ0) is 40.0. The third-order valence-corrected chi connectivity index (χ3v) is 13.4. The summed E-state index contributed by atoms with van der Waals surface area (Å²) < 4.78 is 7.02. The molecule has 0 amide bonds. The topological polar surface area (TPSA) is 16.4 Å². The standard InChI is InChI=1S/C58H41NO/c1-57(2)51-27-14-12-23-45(51)47-34-33-43(35-53(47)57)59(41-21-10-5-11-22-41)42-31-29-38(30-32-42)44-25-16-26-48-50-36-49-46-24-13-15-28-52(46)58(39-17-6-3-7-18-39,40-19-8-4-9-20-40)54(49)37-55(50)60-56(44)48/h3-37H,1-2H3. The molecule has 10 aromatic rings. The Morgan fingerprint density at radius 1 is 0.367 bits per heavy atom. The Balaban J connectivity index is 0.988. The number of benzene rings is 9. The zero-order valence-corrected chi connectivity index (χ0v) is 33.6. The highest BCUT2D eigenvalue weighted by Gasteiger charge is 2.46. The average molecular weight is 768 g/mol. The Hall–Kier alpha value is -7.42. The monoisotopic (exact) mass is 767 g/mol. The first kappa shape index (κ1) is 34.6. The van der Waals surface area contributed by atoms with Crippen LogP contribution in [0.1, 0.15) is 47.2 Å². The van der Waals surface area contributed by atoms with Crippen molar-refractivity contribution in [2.75, 3.05) is 4.90 Å². The summed E-state index contributed by atoms with van der Waals surface area (Å²) in [7, 11) is 0. The fourth-order valence-corrected chi connectivity index (χ4v) is 10.6. The van der Waals surface area contributed by atoms with Crippen LogP contribution in [0.25, 0.3) is 55.3 Å². The molecule has 60 heavy (non-hydrogen) atoms. The number of hydrogen-bond acceptors (Lipinski definition) is 2. The van der Waals surface area contributed by atoms with Gasteiger partial charge in [-0.05, 0) is 110 Å². The van der Waals surface area contributed by atoms with E-state index in [4.69, 9.17) is 4.42 Å². The molecular weight excluding hydrogens is 727 g/mol. The molecule has 2 aliphatic carbocycles. The normalized spacial score (nSPS) is 14.1. The minimum absolute atomic E-state index is 0.0897. The second kappa shape index (κ2) is 13.0. The van der Waals surface area contributed by atoms with E-state index in [1.165, 1.54) is 55.6 Å². The Labute approximate surface area is 350 Å². The number of para-hydroxylation sites is 2. The molecule has 0 bridgehead atoms. The molecule has 0 radical (unpaired) electrons. The minimum Gasteiger partial charge on any atom is -0.455 e. The molecule has 2 nitrogen and oxygen atoms in total. The van der Waals surface area contributed by atoms with E-state index in [1.807, 2.05) is 0 Å². The van der Waals surface area contributed by atoms with Crippen LogP contribution in [-0.4, -0.2) is 0 Å². The van der Waals surface area contributed by atoms with Crippen LogP contribution < -0.4 is 4.90 Å². The molecular formula is C58H41NO. The highest BCUT2D eigenvalue weighted by molar-refractivity contribution is 6.12. The Morgan fingerprint density at radius 2 is 0.917 bits per heavy atom. The summed E-state index contributed by atoms with van der Waals surface area (Å²) >= 11 is 0. The summed E-state index contributed by atoms with van der Waals surface area (Å²) in [4.78, 5) is 2.37. The summed E-state index contributed by atoms with van der Waals surface area (Å²) in [6.07, 6.45) is 0. The number of rotatable bonds is 6. The summed E-state index contributed by atoms with van der Waals surface area (Å²) in [6.45, 7) is 4.69. The molecule has 0 spiro atoms. The third kappa shape index (κ3) is 4.88. The van der Waals surface area contributed by atoms with Crippen LogP contribution >= 0.6 is 0 Å². The van der Waals surface area contributed by atoms with Gasteiger partial charge in [0.05, 0.1) is 5.41 Å². The largest absolute Gasteiger partial charge is 0.455 e. The van der Waals surface area contributed by atoms with E-state index in [9.17, 15) is 0 Å². The number of furan rings is 1. The molecule has 0 saturated carbocycles. The molecule has 12 rings (SSSR count). The second-order valence-corrected chi connectivity index (χ2v) is 16.8. The fraction of sp³-hybridized carbons (Fsp3) is 0.0690. The molecule has 0 unspecified atom stereocenters. The van der Waals surface area contributed by atoms with Crippen molar-refractivity contribution in [2.45, 2.75) is 24.7 Å². The van der Waals surface area contributed by atoms with Crippen LogP contribution in [0.2, 0.25) is 0 Å². The van der Waals surface area contributed by atoms with Gasteiger partial charge >= 0.3 is 0 Å². The average Bonchev–Trinajstić information content (AvgIpc) is 3.90. The highest BCUT2D eigenvalue weighted by atomic mass is 16.3. The van der Waals surface area contributed by atoms with Crippen LogP contribution in [0.3, 0.4) is 0 Å². The number of anilines is 3. The lowest BCUT2D eigenvalue weighted by molar-refractivity contribution is 0.660. The molecule has 1 heterocycles. The minimum atomic E-state index is -0.483. The maximum Gasteiger partial charge on any atom is 0.143 e. The van der Waals surface area contributed by atoms with E-state index in [0.29, 0.717) is 0 Å². The molecule has 9 aromatic carbocycles. The van der Waals surface area contributed by atoms with Gasteiger partial charge in [-0.25, -0.2) is 0 Å². The predicted molar refractivity (Wildman–Crippen MR) is 249 cm³/mol. The molecule has 0 aliphatic heterocycles. The van der Waals surface area contributed by atoms with Gasteiger partial charge in [0.25, 0.3) is 0 Å². The van der Waals surface area contributed by atoms with E-state index < -0.39 is 5.41 Å². The van der Waals surface area contributed by atoms with Crippen LogP contribution in [0, 0.1) is 0 Å². The summed E-state index contributed by atoms with van der Waals surface area (Å²) in [5.74, 6) is 0. The number of fused-ring (bicyclic) bond motifs is 9. The first-order chi connectivity index (χ1) is 29.5. The van der Waals surface area contributed by atoms with Crippen LogP contribution in [0.5, 0.6) is 0 Å². The first-order valence-electron chi connectivity index (χ1n) is 20.9. The summed E-state index contributed by atoms with van der Waals surface area (Å²) in [5.41, 5.74) is 19.7. The summed E-state index contributed by atoms with van der Waals surface area (Å²) in [5, 5.41) is 2.25. The van der Waals surface area contributed by atoms with E-state index in [0.717, 1.165) is 50.1 Å². The molecule has 0 atom stereocenters. The molecule has 0 N–H and O–H groups in total. The predicted octanol–water partition coefficient (Wildman–Crippen LogP) is 15.4. The lowest BCUT2D eigenvalue weighted by Crippen LogP contribution is -2.28. The fourth-order valence-electron chi connectivity index (χ4n) is 10.6. The van der Waals surface area contributed by atoms with Crippen molar-refractivity contribution in [3.63, 3.8) is 0 Å². The Morgan fingerprint density at radius 3 is 1.62 bits per heavy atom. The van der Waals surface area contributed by atoms with Crippen LogP contribution in [-0.2, 0) is 10.8 Å². The van der Waals surface area contributed by atoms with Crippen molar-refractivity contribution in [3.8, 4) is 33.4 Å². The van der Waals surface area contributed by atoms with Gasteiger partial charge in [0.2, 0.25) is 0 Å². The zero-order valence-electron chi connectivity index (χ0n) is 33.6. The van der Waals surface area contributed by atoms with Crippen molar-refractivity contribution in [1.29, 1.82) is 0 Å². The number of hydrogen-bond donors (Lipinski definition) is 0. The van der Waals surface area contributed by atoms with E-state index in [1.54, 1.807) is 0 Å². The number of nitrogens with zero attached hydrogens (tertiary/aromatic N) is 1. The van der Waals surface area contributed by atoms with Gasteiger partial charge in [-0.3, -0.25) is 0 Å². The van der Waals surface area contributed by atoms with Crippen molar-refractivity contribution in [1.82, 2.24) is 0 Å². The van der Waals surface area contributed by atoms with Crippen molar-refractivity contribution in [3.05, 3.63) is 246 Å². The Bertz CT molecular complexity index is 3230. The van der Waals surface area contributed by atoms with Gasteiger partial charge in [-0.2, -0.15) is 0 Å². The van der Waals surface area contributed by atoms with Gasteiger partial charge in [-0.15, -0.1) is 0 Å². The third-order valence-electron chi connectivity index (χ3n) is 13.4. The molecule has 2 aliphatic rings. The lowest BCUT2D eigenvalue weighted by atomic mass is 9.67. The van der Waals surface area contributed by atoms with Crippen LogP contribution in [0.4, 0.5) is 17.1 Å². The van der Waals surface area contributed by atoms with Gasteiger partial charge in [-0.1, -0.05) is 178 Å². The van der Waals surface area contributed by atoms with E-state index >= 15 is 0 Å². The molecule has 0 fully saturated rings. The van der Waals surface area contributed by atoms with Gasteiger partial charge in [0, 0.05) is 38.8 Å². The molecule has 284 valence electrons. The van der Waals surface area contributed by atoms with Gasteiger partial charge in [0.15, 0.2) is 0 Å².